The van der Waals surface area contributed by atoms with Crippen LogP contribution in [0.1, 0.15) is 26.7 Å². The Morgan fingerprint density at radius 2 is 2.08 bits per heavy atom. The summed E-state index contributed by atoms with van der Waals surface area (Å²) >= 11 is 0. The lowest BCUT2D eigenvalue weighted by Crippen LogP contribution is -2.30. The summed E-state index contributed by atoms with van der Waals surface area (Å²) in [5.74, 6) is -0.887. The molecule has 72 valence electrons. The van der Waals surface area contributed by atoms with Gasteiger partial charge in [0, 0.05) is 6.54 Å². The molecule has 0 saturated carbocycles. The van der Waals surface area contributed by atoms with Crippen molar-refractivity contribution in [1.82, 2.24) is 4.90 Å². The van der Waals surface area contributed by atoms with E-state index in [1.165, 1.54) is 0 Å². The van der Waals surface area contributed by atoms with Gasteiger partial charge >= 0.3 is 5.97 Å². The van der Waals surface area contributed by atoms with Gasteiger partial charge in [-0.15, -0.1) is 0 Å². The molecule has 3 nitrogen and oxygen atoms in total. The van der Waals surface area contributed by atoms with Crippen LogP contribution in [0.25, 0.3) is 0 Å². The number of nitrogens with zero attached hydrogens (tertiary/aromatic N) is 1. The van der Waals surface area contributed by atoms with Crippen molar-refractivity contribution < 1.29 is 9.90 Å². The van der Waals surface area contributed by atoms with E-state index in [1.807, 2.05) is 14.0 Å². The fourth-order valence-corrected chi connectivity index (χ4v) is 1.23. The highest BCUT2D eigenvalue weighted by molar-refractivity contribution is 5.70. The highest BCUT2D eigenvalue weighted by Gasteiger charge is 2.16. The molecule has 0 radical (unpaired) electrons. The van der Waals surface area contributed by atoms with Crippen LogP contribution >= 0.6 is 0 Å². The fourth-order valence-electron chi connectivity index (χ4n) is 1.23. The molecule has 0 aliphatic heterocycles. The standard InChI is InChI=1S/C9H19NO2/c1-4-6-10(3)7-8(5-2)9(11)12/h8H,4-7H2,1-3H3,(H,11,12). The number of aliphatic carboxylic acids is 1. The van der Waals surface area contributed by atoms with Crippen LogP contribution < -0.4 is 0 Å². The minimum Gasteiger partial charge on any atom is -0.481 e. The first kappa shape index (κ1) is 11.4. The van der Waals surface area contributed by atoms with E-state index in [1.54, 1.807) is 0 Å². The lowest BCUT2D eigenvalue weighted by Gasteiger charge is -2.19. The van der Waals surface area contributed by atoms with Crippen molar-refractivity contribution in [1.29, 1.82) is 0 Å². The second kappa shape index (κ2) is 6.00. The molecule has 0 saturated heterocycles. The van der Waals surface area contributed by atoms with Gasteiger partial charge in [-0.25, -0.2) is 0 Å². The molecule has 0 aliphatic carbocycles. The van der Waals surface area contributed by atoms with Gasteiger partial charge in [-0.3, -0.25) is 4.79 Å². The van der Waals surface area contributed by atoms with Crippen molar-refractivity contribution in [3.63, 3.8) is 0 Å². The summed E-state index contributed by atoms with van der Waals surface area (Å²) in [6.45, 7) is 5.65. The quantitative estimate of drug-likeness (QED) is 0.660. The summed E-state index contributed by atoms with van der Waals surface area (Å²) in [6, 6.07) is 0. The molecule has 0 aromatic rings. The second-order valence-corrected chi connectivity index (χ2v) is 3.21. The maximum Gasteiger partial charge on any atom is 0.307 e. The van der Waals surface area contributed by atoms with E-state index in [-0.39, 0.29) is 5.92 Å². The molecule has 0 fully saturated rings. The SMILES string of the molecule is CCCN(C)CC(CC)C(=O)O. The zero-order valence-corrected chi connectivity index (χ0v) is 8.21. The molecule has 12 heavy (non-hydrogen) atoms. The van der Waals surface area contributed by atoms with E-state index in [9.17, 15) is 4.79 Å². The van der Waals surface area contributed by atoms with Crippen molar-refractivity contribution in [2.45, 2.75) is 26.7 Å². The molecule has 0 aromatic heterocycles. The Bertz CT molecular complexity index is 136. The van der Waals surface area contributed by atoms with Crippen LogP contribution in [0.4, 0.5) is 0 Å². The van der Waals surface area contributed by atoms with Crippen LogP contribution in [0.15, 0.2) is 0 Å². The lowest BCUT2D eigenvalue weighted by molar-refractivity contribution is -0.142. The van der Waals surface area contributed by atoms with Gasteiger partial charge in [0.05, 0.1) is 5.92 Å². The minimum atomic E-state index is -0.680. The van der Waals surface area contributed by atoms with Crippen molar-refractivity contribution >= 4 is 5.97 Å². The van der Waals surface area contributed by atoms with E-state index in [0.29, 0.717) is 13.0 Å². The summed E-state index contributed by atoms with van der Waals surface area (Å²) in [5.41, 5.74) is 0. The topological polar surface area (TPSA) is 40.5 Å². The van der Waals surface area contributed by atoms with Crippen molar-refractivity contribution in [3.8, 4) is 0 Å². The Morgan fingerprint density at radius 1 is 1.50 bits per heavy atom. The maximum atomic E-state index is 10.6. The van der Waals surface area contributed by atoms with Gasteiger partial charge in [-0.1, -0.05) is 13.8 Å². The Labute approximate surface area is 74.4 Å². The summed E-state index contributed by atoms with van der Waals surface area (Å²) in [6.07, 6.45) is 1.79. The van der Waals surface area contributed by atoms with Crippen LogP contribution in [0, 0.1) is 5.92 Å². The summed E-state index contributed by atoms with van der Waals surface area (Å²) in [5, 5.41) is 8.76. The summed E-state index contributed by atoms with van der Waals surface area (Å²) in [4.78, 5) is 12.7. The third kappa shape index (κ3) is 4.34. The van der Waals surface area contributed by atoms with Gasteiger partial charge in [-0.2, -0.15) is 0 Å². The van der Waals surface area contributed by atoms with Gasteiger partial charge < -0.3 is 10.0 Å². The second-order valence-electron chi connectivity index (χ2n) is 3.21. The molecule has 0 aromatic carbocycles. The molecule has 0 aliphatic rings. The average molecular weight is 173 g/mol. The van der Waals surface area contributed by atoms with Gasteiger partial charge in [0.1, 0.15) is 0 Å². The number of hydrogen-bond donors (Lipinski definition) is 1. The smallest absolute Gasteiger partial charge is 0.307 e. The molecule has 0 bridgehead atoms. The van der Waals surface area contributed by atoms with Crippen molar-refractivity contribution in [3.05, 3.63) is 0 Å². The largest absolute Gasteiger partial charge is 0.481 e. The van der Waals surface area contributed by atoms with Crippen molar-refractivity contribution in [2.24, 2.45) is 5.92 Å². The van der Waals surface area contributed by atoms with E-state index in [2.05, 4.69) is 11.8 Å². The Balaban J connectivity index is 3.77. The third-order valence-electron chi connectivity index (χ3n) is 1.98. The van der Waals surface area contributed by atoms with Crippen LogP contribution in [0.5, 0.6) is 0 Å². The Kier molecular flexibility index (Phi) is 5.72. The Morgan fingerprint density at radius 3 is 2.42 bits per heavy atom. The molecule has 1 unspecified atom stereocenters. The zero-order chi connectivity index (χ0) is 9.56. The maximum absolute atomic E-state index is 10.6. The first-order valence-electron chi connectivity index (χ1n) is 4.53. The molecule has 3 heteroatoms. The predicted octanol–water partition coefficient (Wildman–Crippen LogP) is 1.44. The molecule has 0 amide bonds. The zero-order valence-electron chi connectivity index (χ0n) is 8.21. The fraction of sp³-hybridized carbons (Fsp3) is 0.889. The predicted molar refractivity (Wildman–Crippen MR) is 49.2 cm³/mol. The molecular formula is C9H19NO2. The van der Waals surface area contributed by atoms with E-state index >= 15 is 0 Å². The molecule has 0 heterocycles. The first-order valence-corrected chi connectivity index (χ1v) is 4.53. The molecule has 1 N–H and O–H groups in total. The highest BCUT2D eigenvalue weighted by atomic mass is 16.4. The van der Waals surface area contributed by atoms with Gasteiger partial charge in [-0.05, 0) is 26.4 Å². The average Bonchev–Trinajstić information content (AvgIpc) is 2.00. The van der Waals surface area contributed by atoms with E-state index in [4.69, 9.17) is 5.11 Å². The minimum absolute atomic E-state index is 0.207. The molecule has 0 spiro atoms. The number of carboxylic acid groups (broad SMARTS) is 1. The third-order valence-corrected chi connectivity index (χ3v) is 1.98. The van der Waals surface area contributed by atoms with Gasteiger partial charge in [0.15, 0.2) is 0 Å². The highest BCUT2D eigenvalue weighted by Crippen LogP contribution is 2.04. The van der Waals surface area contributed by atoms with E-state index in [0.717, 1.165) is 13.0 Å². The van der Waals surface area contributed by atoms with Crippen LogP contribution in [0.3, 0.4) is 0 Å². The first-order chi connectivity index (χ1) is 5.61. The molecule has 0 rings (SSSR count). The normalized spacial score (nSPS) is 13.3. The Hall–Kier alpha value is -0.570. The van der Waals surface area contributed by atoms with Gasteiger partial charge in [0.25, 0.3) is 0 Å². The lowest BCUT2D eigenvalue weighted by atomic mass is 10.1. The van der Waals surface area contributed by atoms with Crippen LogP contribution in [0.2, 0.25) is 0 Å². The molecular weight excluding hydrogens is 154 g/mol. The monoisotopic (exact) mass is 173 g/mol. The number of hydrogen-bond acceptors (Lipinski definition) is 2. The van der Waals surface area contributed by atoms with Gasteiger partial charge in [0.2, 0.25) is 0 Å². The number of rotatable bonds is 6. The van der Waals surface area contributed by atoms with E-state index < -0.39 is 5.97 Å². The molecule has 1 atom stereocenters. The number of carboxylic acids is 1. The van der Waals surface area contributed by atoms with Crippen LogP contribution in [-0.4, -0.2) is 36.1 Å². The number of carbonyl (C=O) groups is 1. The summed E-state index contributed by atoms with van der Waals surface area (Å²) < 4.78 is 0. The summed E-state index contributed by atoms with van der Waals surface area (Å²) in [7, 11) is 1.97. The van der Waals surface area contributed by atoms with Crippen molar-refractivity contribution in [2.75, 3.05) is 20.1 Å². The van der Waals surface area contributed by atoms with Crippen LogP contribution in [-0.2, 0) is 4.79 Å².